The number of hydrogen-bond donors (Lipinski definition) is 1. The maximum atomic E-state index is 5.69. The topological polar surface area (TPSA) is 42.4 Å². The molecule has 17 heavy (non-hydrogen) atoms. The van der Waals surface area contributed by atoms with Crippen LogP contribution in [0.5, 0.6) is 0 Å². The Morgan fingerprint density at radius 3 is 2.82 bits per heavy atom. The van der Waals surface area contributed by atoms with E-state index in [0.717, 1.165) is 30.2 Å². The van der Waals surface area contributed by atoms with Crippen molar-refractivity contribution in [3.8, 4) is 0 Å². The summed E-state index contributed by atoms with van der Waals surface area (Å²) in [6.07, 6.45) is 0. The molecule has 0 aromatic carbocycles. The van der Waals surface area contributed by atoms with Gasteiger partial charge >= 0.3 is 0 Å². The standard InChI is InChI=1S/C13H18N2OS/c1-10-5-12(16-13(10)6-14)8-15(2)7-11-3-4-17-9-11/h3-5,9H,6-8,14H2,1-2H3. The Labute approximate surface area is 106 Å². The normalized spacial score (nSPS) is 11.3. The summed E-state index contributed by atoms with van der Waals surface area (Å²) in [6.45, 7) is 4.27. The third kappa shape index (κ3) is 3.19. The molecule has 4 heteroatoms. The lowest BCUT2D eigenvalue weighted by Gasteiger charge is -2.13. The zero-order valence-corrected chi connectivity index (χ0v) is 11.1. The van der Waals surface area contributed by atoms with Gasteiger partial charge in [-0.15, -0.1) is 0 Å². The second-order valence-electron chi connectivity index (χ2n) is 4.33. The monoisotopic (exact) mass is 250 g/mol. The number of thiophene rings is 1. The Balaban J connectivity index is 1.95. The highest BCUT2D eigenvalue weighted by Crippen LogP contribution is 2.16. The Hall–Kier alpha value is -1.10. The van der Waals surface area contributed by atoms with Gasteiger partial charge in [0.05, 0.1) is 13.1 Å². The van der Waals surface area contributed by atoms with Crippen molar-refractivity contribution in [2.45, 2.75) is 26.6 Å². The molecular weight excluding hydrogens is 232 g/mol. The van der Waals surface area contributed by atoms with Crippen LogP contribution in [0.3, 0.4) is 0 Å². The van der Waals surface area contributed by atoms with Crippen LogP contribution in [0.25, 0.3) is 0 Å². The predicted octanol–water partition coefficient (Wildman–Crippen LogP) is 2.74. The van der Waals surface area contributed by atoms with Crippen LogP contribution < -0.4 is 5.73 Å². The highest BCUT2D eigenvalue weighted by Gasteiger charge is 2.08. The second-order valence-corrected chi connectivity index (χ2v) is 5.11. The minimum absolute atomic E-state index is 0.472. The molecular formula is C13H18N2OS. The summed E-state index contributed by atoms with van der Waals surface area (Å²) >= 11 is 1.73. The van der Waals surface area contributed by atoms with Crippen LogP contribution in [0.15, 0.2) is 27.3 Å². The Kier molecular flexibility index (Phi) is 3.99. The van der Waals surface area contributed by atoms with Crippen molar-refractivity contribution in [3.05, 3.63) is 45.5 Å². The zero-order valence-electron chi connectivity index (χ0n) is 10.3. The molecule has 2 aromatic heterocycles. The Bertz CT molecular complexity index is 462. The van der Waals surface area contributed by atoms with Crippen molar-refractivity contribution in [3.63, 3.8) is 0 Å². The molecule has 2 rings (SSSR count). The average molecular weight is 250 g/mol. The smallest absolute Gasteiger partial charge is 0.120 e. The summed E-state index contributed by atoms with van der Waals surface area (Å²) in [5.41, 5.74) is 8.09. The van der Waals surface area contributed by atoms with Gasteiger partial charge in [0.15, 0.2) is 0 Å². The zero-order chi connectivity index (χ0) is 12.3. The highest BCUT2D eigenvalue weighted by molar-refractivity contribution is 7.07. The molecule has 0 atom stereocenters. The molecule has 0 saturated carbocycles. The molecule has 0 bridgehead atoms. The number of hydrogen-bond acceptors (Lipinski definition) is 4. The van der Waals surface area contributed by atoms with E-state index in [9.17, 15) is 0 Å². The van der Waals surface area contributed by atoms with Crippen molar-refractivity contribution in [2.24, 2.45) is 5.73 Å². The molecule has 0 spiro atoms. The van der Waals surface area contributed by atoms with Crippen LogP contribution in [-0.4, -0.2) is 11.9 Å². The van der Waals surface area contributed by atoms with Gasteiger partial charge in [0.25, 0.3) is 0 Å². The number of aryl methyl sites for hydroxylation is 1. The van der Waals surface area contributed by atoms with E-state index in [2.05, 4.69) is 34.8 Å². The summed E-state index contributed by atoms with van der Waals surface area (Å²) in [4.78, 5) is 2.24. The van der Waals surface area contributed by atoms with E-state index in [-0.39, 0.29) is 0 Å². The van der Waals surface area contributed by atoms with Crippen LogP contribution in [0.4, 0.5) is 0 Å². The fourth-order valence-electron chi connectivity index (χ4n) is 1.89. The summed E-state index contributed by atoms with van der Waals surface area (Å²) in [5.74, 6) is 1.88. The molecule has 2 N–H and O–H groups in total. The Morgan fingerprint density at radius 1 is 1.41 bits per heavy atom. The number of furan rings is 1. The van der Waals surface area contributed by atoms with Crippen molar-refractivity contribution in [2.75, 3.05) is 7.05 Å². The van der Waals surface area contributed by atoms with Gasteiger partial charge in [-0.2, -0.15) is 11.3 Å². The van der Waals surface area contributed by atoms with E-state index >= 15 is 0 Å². The van der Waals surface area contributed by atoms with Crippen molar-refractivity contribution >= 4 is 11.3 Å². The van der Waals surface area contributed by atoms with Gasteiger partial charge in [-0.05, 0) is 48.0 Å². The summed E-state index contributed by atoms with van der Waals surface area (Å²) in [5, 5.41) is 4.28. The van der Waals surface area contributed by atoms with Gasteiger partial charge in [0, 0.05) is 6.54 Å². The van der Waals surface area contributed by atoms with Crippen LogP contribution >= 0.6 is 11.3 Å². The maximum Gasteiger partial charge on any atom is 0.120 e. The first-order chi connectivity index (χ1) is 8.19. The number of rotatable bonds is 5. The van der Waals surface area contributed by atoms with E-state index < -0.39 is 0 Å². The third-order valence-electron chi connectivity index (χ3n) is 2.72. The molecule has 0 aliphatic rings. The highest BCUT2D eigenvalue weighted by atomic mass is 32.1. The van der Waals surface area contributed by atoms with Gasteiger partial charge < -0.3 is 10.2 Å². The van der Waals surface area contributed by atoms with Crippen molar-refractivity contribution < 1.29 is 4.42 Å². The van der Waals surface area contributed by atoms with Gasteiger partial charge in [-0.25, -0.2) is 0 Å². The molecule has 0 aliphatic carbocycles. The first-order valence-electron chi connectivity index (χ1n) is 5.67. The predicted molar refractivity (Wildman–Crippen MR) is 70.8 cm³/mol. The van der Waals surface area contributed by atoms with Crippen molar-refractivity contribution in [1.82, 2.24) is 4.90 Å². The minimum Gasteiger partial charge on any atom is -0.463 e. The van der Waals surface area contributed by atoms with E-state index in [1.807, 2.05) is 6.92 Å². The summed E-state index contributed by atoms with van der Waals surface area (Å²) < 4.78 is 5.69. The van der Waals surface area contributed by atoms with Gasteiger partial charge in [-0.1, -0.05) is 0 Å². The van der Waals surface area contributed by atoms with Crippen LogP contribution in [0.2, 0.25) is 0 Å². The lowest BCUT2D eigenvalue weighted by Crippen LogP contribution is -2.16. The molecule has 0 fully saturated rings. The van der Waals surface area contributed by atoms with Gasteiger partial charge in [-0.3, -0.25) is 4.90 Å². The van der Waals surface area contributed by atoms with E-state index in [4.69, 9.17) is 10.2 Å². The number of nitrogens with two attached hydrogens (primary N) is 1. The minimum atomic E-state index is 0.472. The van der Waals surface area contributed by atoms with Crippen LogP contribution in [0, 0.1) is 6.92 Å². The molecule has 0 saturated heterocycles. The third-order valence-corrected chi connectivity index (χ3v) is 3.45. The molecule has 2 heterocycles. The first-order valence-corrected chi connectivity index (χ1v) is 6.61. The molecule has 0 unspecified atom stereocenters. The largest absolute Gasteiger partial charge is 0.463 e. The van der Waals surface area contributed by atoms with Crippen LogP contribution in [0.1, 0.15) is 22.6 Å². The fraction of sp³-hybridized carbons (Fsp3) is 0.385. The van der Waals surface area contributed by atoms with Crippen LogP contribution in [-0.2, 0) is 19.6 Å². The average Bonchev–Trinajstić information content (AvgIpc) is 2.88. The quantitative estimate of drug-likeness (QED) is 0.887. The molecule has 2 aromatic rings. The fourth-order valence-corrected chi connectivity index (χ4v) is 2.55. The maximum absolute atomic E-state index is 5.69. The van der Waals surface area contributed by atoms with Gasteiger partial charge in [0.2, 0.25) is 0 Å². The van der Waals surface area contributed by atoms with Gasteiger partial charge in [0.1, 0.15) is 11.5 Å². The molecule has 0 aliphatic heterocycles. The van der Waals surface area contributed by atoms with E-state index in [1.54, 1.807) is 11.3 Å². The molecule has 3 nitrogen and oxygen atoms in total. The van der Waals surface area contributed by atoms with E-state index in [0.29, 0.717) is 6.54 Å². The summed E-state index contributed by atoms with van der Waals surface area (Å²) in [7, 11) is 2.09. The molecule has 0 amide bonds. The van der Waals surface area contributed by atoms with E-state index in [1.165, 1.54) is 5.56 Å². The second kappa shape index (κ2) is 5.49. The summed E-state index contributed by atoms with van der Waals surface area (Å²) in [6, 6.07) is 4.23. The molecule has 92 valence electrons. The lowest BCUT2D eigenvalue weighted by atomic mass is 10.2. The SMILES string of the molecule is Cc1cc(CN(C)Cc2ccsc2)oc1CN. The number of nitrogens with zero attached hydrogens (tertiary/aromatic N) is 1. The first kappa shape index (κ1) is 12.4. The lowest BCUT2D eigenvalue weighted by molar-refractivity contribution is 0.284. The Morgan fingerprint density at radius 2 is 2.24 bits per heavy atom. The van der Waals surface area contributed by atoms with Crippen molar-refractivity contribution in [1.29, 1.82) is 0 Å². The molecule has 0 radical (unpaired) electrons.